The van der Waals surface area contributed by atoms with Gasteiger partial charge in [0.2, 0.25) is 0 Å². The lowest BCUT2D eigenvalue weighted by Crippen LogP contribution is -2.06. The van der Waals surface area contributed by atoms with Crippen molar-refractivity contribution in [1.82, 2.24) is 9.55 Å². The van der Waals surface area contributed by atoms with Crippen molar-refractivity contribution < 1.29 is 0 Å². The molecule has 0 atom stereocenters. The number of nitrogen functional groups attached to an aromatic ring is 1. The maximum Gasteiger partial charge on any atom is 0.131 e. The Hall–Kier alpha value is -1.77. The molecule has 0 saturated heterocycles. The van der Waals surface area contributed by atoms with Crippen LogP contribution in [0.3, 0.4) is 0 Å². The lowest BCUT2D eigenvalue weighted by atomic mass is 10.1. The summed E-state index contributed by atoms with van der Waals surface area (Å²) in [6.45, 7) is 7.32. The molecule has 0 spiro atoms. The zero-order chi connectivity index (χ0) is 12.4. The summed E-state index contributed by atoms with van der Waals surface area (Å²) in [7, 11) is 0. The smallest absolute Gasteiger partial charge is 0.131 e. The Kier molecular flexibility index (Phi) is 3.18. The number of imidazole rings is 1. The third kappa shape index (κ3) is 2.49. The van der Waals surface area contributed by atoms with Crippen molar-refractivity contribution in [1.29, 1.82) is 0 Å². The van der Waals surface area contributed by atoms with Gasteiger partial charge in [-0.15, -0.1) is 0 Å². The second-order valence-corrected chi connectivity index (χ2v) is 4.89. The summed E-state index contributed by atoms with van der Waals surface area (Å²) in [4.78, 5) is 4.41. The van der Waals surface area contributed by atoms with Crippen LogP contribution in [0.15, 0.2) is 30.6 Å². The van der Waals surface area contributed by atoms with Crippen LogP contribution in [0.1, 0.15) is 19.4 Å². The monoisotopic (exact) mass is 229 g/mol. The standard InChI is InChI=1S/C14H19N3/c1-10(2)8-17-9-16-13(14(17)15)12-6-4-11(3)5-7-12/h4-7,9-10H,8,15H2,1-3H3. The van der Waals surface area contributed by atoms with Crippen molar-refractivity contribution in [3.05, 3.63) is 36.2 Å². The largest absolute Gasteiger partial charge is 0.383 e. The van der Waals surface area contributed by atoms with Crippen molar-refractivity contribution in [3.63, 3.8) is 0 Å². The van der Waals surface area contributed by atoms with Crippen LogP contribution in [-0.4, -0.2) is 9.55 Å². The molecule has 0 aliphatic rings. The highest BCUT2D eigenvalue weighted by atomic mass is 15.1. The molecular weight excluding hydrogens is 210 g/mol. The van der Waals surface area contributed by atoms with E-state index in [1.807, 2.05) is 10.9 Å². The van der Waals surface area contributed by atoms with E-state index >= 15 is 0 Å². The zero-order valence-corrected chi connectivity index (χ0v) is 10.6. The van der Waals surface area contributed by atoms with Gasteiger partial charge in [-0.1, -0.05) is 43.7 Å². The van der Waals surface area contributed by atoms with Gasteiger partial charge in [0.25, 0.3) is 0 Å². The fourth-order valence-corrected chi connectivity index (χ4v) is 1.86. The van der Waals surface area contributed by atoms with Gasteiger partial charge in [-0.2, -0.15) is 0 Å². The normalized spacial score (nSPS) is 11.1. The van der Waals surface area contributed by atoms with Gasteiger partial charge in [0.15, 0.2) is 0 Å². The molecule has 17 heavy (non-hydrogen) atoms. The SMILES string of the molecule is Cc1ccc(-c2ncn(CC(C)C)c2N)cc1. The number of nitrogens with two attached hydrogens (primary N) is 1. The molecule has 90 valence electrons. The van der Waals surface area contributed by atoms with Gasteiger partial charge in [0, 0.05) is 12.1 Å². The first-order valence-electron chi connectivity index (χ1n) is 5.95. The van der Waals surface area contributed by atoms with E-state index in [-0.39, 0.29) is 0 Å². The Morgan fingerprint density at radius 1 is 1.24 bits per heavy atom. The van der Waals surface area contributed by atoms with Crippen molar-refractivity contribution in [2.24, 2.45) is 5.92 Å². The molecule has 0 amide bonds. The molecule has 2 aromatic rings. The third-order valence-electron chi connectivity index (χ3n) is 2.77. The molecule has 0 saturated carbocycles. The van der Waals surface area contributed by atoms with Crippen molar-refractivity contribution in [2.45, 2.75) is 27.3 Å². The first-order valence-corrected chi connectivity index (χ1v) is 5.95. The maximum absolute atomic E-state index is 6.12. The summed E-state index contributed by atoms with van der Waals surface area (Å²) in [6.07, 6.45) is 1.82. The summed E-state index contributed by atoms with van der Waals surface area (Å²) in [5, 5.41) is 0. The second-order valence-electron chi connectivity index (χ2n) is 4.89. The number of anilines is 1. The van der Waals surface area contributed by atoms with Crippen LogP contribution < -0.4 is 5.73 Å². The van der Waals surface area contributed by atoms with E-state index in [1.54, 1.807) is 0 Å². The average molecular weight is 229 g/mol. The molecule has 3 heteroatoms. The number of aromatic nitrogens is 2. The Morgan fingerprint density at radius 2 is 1.88 bits per heavy atom. The number of hydrogen-bond acceptors (Lipinski definition) is 2. The predicted molar refractivity (Wildman–Crippen MR) is 71.7 cm³/mol. The quantitative estimate of drug-likeness (QED) is 0.879. The van der Waals surface area contributed by atoms with E-state index in [9.17, 15) is 0 Å². The average Bonchev–Trinajstić information content (AvgIpc) is 2.61. The molecule has 0 bridgehead atoms. The molecule has 2 rings (SSSR count). The number of nitrogens with zero attached hydrogens (tertiary/aromatic N) is 2. The highest BCUT2D eigenvalue weighted by molar-refractivity contribution is 5.70. The highest BCUT2D eigenvalue weighted by Gasteiger charge is 2.10. The van der Waals surface area contributed by atoms with E-state index in [4.69, 9.17) is 5.73 Å². The van der Waals surface area contributed by atoms with Gasteiger partial charge in [-0.25, -0.2) is 4.98 Å². The van der Waals surface area contributed by atoms with Crippen LogP contribution >= 0.6 is 0 Å². The van der Waals surface area contributed by atoms with Gasteiger partial charge in [0.05, 0.1) is 6.33 Å². The zero-order valence-electron chi connectivity index (χ0n) is 10.6. The van der Waals surface area contributed by atoms with Crippen LogP contribution in [-0.2, 0) is 6.54 Å². The van der Waals surface area contributed by atoms with E-state index in [0.717, 1.165) is 23.6 Å². The number of rotatable bonds is 3. The fraction of sp³-hybridized carbons (Fsp3) is 0.357. The second kappa shape index (κ2) is 4.62. The lowest BCUT2D eigenvalue weighted by molar-refractivity contribution is 0.527. The summed E-state index contributed by atoms with van der Waals surface area (Å²) in [5.74, 6) is 1.32. The van der Waals surface area contributed by atoms with Gasteiger partial charge < -0.3 is 10.3 Å². The van der Waals surface area contributed by atoms with Gasteiger partial charge in [-0.05, 0) is 12.8 Å². The first kappa shape index (κ1) is 11.7. The molecule has 1 heterocycles. The van der Waals surface area contributed by atoms with Gasteiger partial charge in [-0.3, -0.25) is 0 Å². The summed E-state index contributed by atoms with van der Waals surface area (Å²) < 4.78 is 2.01. The number of benzene rings is 1. The minimum absolute atomic E-state index is 0.567. The van der Waals surface area contributed by atoms with Gasteiger partial charge >= 0.3 is 0 Å². The summed E-state index contributed by atoms with van der Waals surface area (Å²) in [5.41, 5.74) is 9.33. The number of hydrogen-bond donors (Lipinski definition) is 1. The molecule has 2 N–H and O–H groups in total. The minimum Gasteiger partial charge on any atom is -0.383 e. The van der Waals surface area contributed by atoms with Crippen LogP contribution in [0.4, 0.5) is 5.82 Å². The van der Waals surface area contributed by atoms with E-state index in [0.29, 0.717) is 5.92 Å². The van der Waals surface area contributed by atoms with E-state index < -0.39 is 0 Å². The molecule has 0 aliphatic heterocycles. The van der Waals surface area contributed by atoms with Crippen LogP contribution in [0, 0.1) is 12.8 Å². The Balaban J connectivity index is 2.33. The maximum atomic E-state index is 6.12. The predicted octanol–water partition coefficient (Wildman–Crippen LogP) is 3.10. The van der Waals surface area contributed by atoms with Gasteiger partial charge in [0.1, 0.15) is 11.5 Å². The van der Waals surface area contributed by atoms with Crippen LogP contribution in [0.25, 0.3) is 11.3 Å². The van der Waals surface area contributed by atoms with E-state index in [1.165, 1.54) is 5.56 Å². The minimum atomic E-state index is 0.567. The van der Waals surface area contributed by atoms with Crippen LogP contribution in [0.2, 0.25) is 0 Å². The highest BCUT2D eigenvalue weighted by Crippen LogP contribution is 2.24. The Bertz CT molecular complexity index is 495. The molecular formula is C14H19N3. The first-order chi connectivity index (χ1) is 8.08. The van der Waals surface area contributed by atoms with Crippen molar-refractivity contribution >= 4 is 5.82 Å². The van der Waals surface area contributed by atoms with Crippen molar-refractivity contribution in [3.8, 4) is 11.3 Å². The fourth-order valence-electron chi connectivity index (χ4n) is 1.86. The molecule has 1 aromatic carbocycles. The van der Waals surface area contributed by atoms with Crippen LogP contribution in [0.5, 0.6) is 0 Å². The Morgan fingerprint density at radius 3 is 2.47 bits per heavy atom. The lowest BCUT2D eigenvalue weighted by Gasteiger charge is -2.08. The molecule has 0 aliphatic carbocycles. The summed E-state index contributed by atoms with van der Waals surface area (Å²) >= 11 is 0. The number of aryl methyl sites for hydroxylation is 1. The molecule has 0 radical (unpaired) electrons. The third-order valence-corrected chi connectivity index (χ3v) is 2.77. The van der Waals surface area contributed by atoms with E-state index in [2.05, 4.69) is 50.0 Å². The Labute approximate surface area is 102 Å². The van der Waals surface area contributed by atoms with Crippen molar-refractivity contribution in [2.75, 3.05) is 5.73 Å². The summed E-state index contributed by atoms with van der Waals surface area (Å²) in [6, 6.07) is 8.29. The molecule has 1 aromatic heterocycles. The molecule has 0 unspecified atom stereocenters. The molecule has 3 nitrogen and oxygen atoms in total. The molecule has 0 fully saturated rings. The topological polar surface area (TPSA) is 43.8 Å².